The summed E-state index contributed by atoms with van der Waals surface area (Å²) in [4.78, 5) is 22.4. The Morgan fingerprint density at radius 3 is 2.86 bits per heavy atom. The first-order chi connectivity index (χ1) is 10.5. The topological polar surface area (TPSA) is 101 Å². The lowest BCUT2D eigenvalue weighted by Gasteiger charge is -2.07. The van der Waals surface area contributed by atoms with Gasteiger partial charge in [0.05, 0.1) is 27.2 Å². The summed E-state index contributed by atoms with van der Waals surface area (Å²) in [6.07, 6.45) is 1.67. The minimum atomic E-state index is -0.580. The lowest BCUT2D eigenvalue weighted by atomic mass is 10.1. The van der Waals surface area contributed by atoms with E-state index in [9.17, 15) is 14.9 Å². The Morgan fingerprint density at radius 1 is 1.27 bits per heavy atom. The highest BCUT2D eigenvalue weighted by Crippen LogP contribution is 2.24. The zero-order chi connectivity index (χ0) is 15.7. The third-order valence-corrected chi connectivity index (χ3v) is 3.43. The fourth-order valence-electron chi connectivity index (χ4n) is 2.01. The van der Waals surface area contributed by atoms with Crippen LogP contribution in [0.1, 0.15) is 10.4 Å². The molecule has 0 bridgehead atoms. The van der Waals surface area contributed by atoms with Gasteiger partial charge in [-0.1, -0.05) is 11.6 Å². The lowest BCUT2D eigenvalue weighted by Crippen LogP contribution is -2.12. The number of nitro benzene ring substituents is 1. The summed E-state index contributed by atoms with van der Waals surface area (Å²) in [6, 6.07) is 8.94. The van der Waals surface area contributed by atoms with E-state index in [-0.39, 0.29) is 16.3 Å². The average Bonchev–Trinajstić information content (AvgIpc) is 2.94. The zero-order valence-electron chi connectivity index (χ0n) is 11.0. The van der Waals surface area contributed by atoms with Crippen molar-refractivity contribution < 1.29 is 9.72 Å². The molecule has 7 nitrogen and oxygen atoms in total. The number of benzene rings is 2. The van der Waals surface area contributed by atoms with E-state index in [1.165, 1.54) is 12.1 Å². The van der Waals surface area contributed by atoms with Crippen LogP contribution in [0.5, 0.6) is 0 Å². The Morgan fingerprint density at radius 2 is 2.09 bits per heavy atom. The second-order valence-corrected chi connectivity index (χ2v) is 4.95. The molecule has 1 heterocycles. The van der Waals surface area contributed by atoms with E-state index in [1.54, 1.807) is 24.4 Å². The Hall–Kier alpha value is -2.93. The minimum absolute atomic E-state index is 0.0422. The molecule has 0 radical (unpaired) electrons. The molecule has 8 heteroatoms. The summed E-state index contributed by atoms with van der Waals surface area (Å²) in [7, 11) is 0. The molecule has 0 fully saturated rings. The molecule has 0 saturated heterocycles. The summed E-state index contributed by atoms with van der Waals surface area (Å²) >= 11 is 5.94. The summed E-state index contributed by atoms with van der Waals surface area (Å²) in [5, 5.41) is 21.2. The predicted octanol–water partition coefficient (Wildman–Crippen LogP) is 3.38. The van der Waals surface area contributed by atoms with Gasteiger partial charge in [0, 0.05) is 23.2 Å². The van der Waals surface area contributed by atoms with Crippen LogP contribution in [0.3, 0.4) is 0 Å². The first-order valence-corrected chi connectivity index (χ1v) is 6.61. The van der Waals surface area contributed by atoms with Crippen LogP contribution in [0.2, 0.25) is 5.02 Å². The van der Waals surface area contributed by atoms with Gasteiger partial charge >= 0.3 is 0 Å². The van der Waals surface area contributed by atoms with Crippen LogP contribution >= 0.6 is 11.6 Å². The molecule has 2 aromatic carbocycles. The van der Waals surface area contributed by atoms with E-state index in [1.807, 2.05) is 0 Å². The van der Waals surface area contributed by atoms with E-state index in [0.29, 0.717) is 5.69 Å². The van der Waals surface area contributed by atoms with Crippen molar-refractivity contribution in [2.24, 2.45) is 0 Å². The van der Waals surface area contributed by atoms with Crippen molar-refractivity contribution in [2.75, 3.05) is 5.32 Å². The number of fused-ring (bicyclic) bond motifs is 1. The van der Waals surface area contributed by atoms with Crippen LogP contribution in [0.25, 0.3) is 10.9 Å². The van der Waals surface area contributed by atoms with Crippen molar-refractivity contribution in [3.05, 3.63) is 63.3 Å². The molecule has 110 valence electrons. The lowest BCUT2D eigenvalue weighted by molar-refractivity contribution is -0.384. The number of carbonyl (C=O) groups excluding carboxylic acids is 1. The van der Waals surface area contributed by atoms with Crippen molar-refractivity contribution in [1.29, 1.82) is 0 Å². The fourth-order valence-corrected chi connectivity index (χ4v) is 2.22. The van der Waals surface area contributed by atoms with Crippen LogP contribution < -0.4 is 5.32 Å². The van der Waals surface area contributed by atoms with Gasteiger partial charge in [0.15, 0.2) is 0 Å². The maximum atomic E-state index is 12.2. The van der Waals surface area contributed by atoms with Crippen molar-refractivity contribution in [3.63, 3.8) is 0 Å². The van der Waals surface area contributed by atoms with E-state index in [4.69, 9.17) is 11.6 Å². The number of carbonyl (C=O) groups is 1. The number of nitrogens with zero attached hydrogens (tertiary/aromatic N) is 2. The van der Waals surface area contributed by atoms with Gasteiger partial charge in [-0.15, -0.1) is 0 Å². The van der Waals surface area contributed by atoms with Crippen LogP contribution in [0.4, 0.5) is 11.4 Å². The van der Waals surface area contributed by atoms with Crippen molar-refractivity contribution in [2.45, 2.75) is 0 Å². The van der Waals surface area contributed by atoms with E-state index >= 15 is 0 Å². The molecule has 1 aromatic heterocycles. The van der Waals surface area contributed by atoms with Gasteiger partial charge in [-0.2, -0.15) is 5.10 Å². The average molecular weight is 317 g/mol. The second-order valence-electron chi connectivity index (χ2n) is 4.55. The summed E-state index contributed by atoms with van der Waals surface area (Å²) in [5.41, 5.74) is 1.14. The number of non-ortho nitro benzene ring substituents is 1. The number of anilines is 1. The molecular weight excluding hydrogens is 308 g/mol. The van der Waals surface area contributed by atoms with Crippen LogP contribution in [-0.2, 0) is 0 Å². The Labute approximate surface area is 129 Å². The normalized spacial score (nSPS) is 10.6. The van der Waals surface area contributed by atoms with Gasteiger partial charge in [-0.3, -0.25) is 20.0 Å². The highest BCUT2D eigenvalue weighted by atomic mass is 35.5. The second kappa shape index (κ2) is 5.45. The molecule has 0 spiro atoms. The van der Waals surface area contributed by atoms with Gasteiger partial charge in [0.25, 0.3) is 11.6 Å². The van der Waals surface area contributed by atoms with Gasteiger partial charge in [0.2, 0.25) is 0 Å². The SMILES string of the molecule is O=C(Nc1ccc2cn[nH]c2c1)c1cc([N+](=O)[O-])ccc1Cl. The van der Waals surface area contributed by atoms with Crippen LogP contribution in [-0.4, -0.2) is 21.0 Å². The molecule has 22 heavy (non-hydrogen) atoms. The Bertz CT molecular complexity index is 891. The van der Waals surface area contributed by atoms with Crippen molar-refractivity contribution in [1.82, 2.24) is 10.2 Å². The molecule has 0 unspecified atom stereocenters. The third kappa shape index (κ3) is 2.61. The van der Waals surface area contributed by atoms with Gasteiger partial charge in [0.1, 0.15) is 0 Å². The number of nitro groups is 1. The Kier molecular flexibility index (Phi) is 3.48. The molecule has 3 rings (SSSR count). The monoisotopic (exact) mass is 316 g/mol. The number of aromatic amines is 1. The first kappa shape index (κ1) is 14.0. The number of amides is 1. The van der Waals surface area contributed by atoms with Crippen molar-refractivity contribution >= 4 is 39.8 Å². The molecule has 0 aliphatic heterocycles. The molecule has 0 atom stereocenters. The van der Waals surface area contributed by atoms with E-state index < -0.39 is 10.8 Å². The number of halogens is 1. The molecular formula is C14H9ClN4O3. The highest BCUT2D eigenvalue weighted by molar-refractivity contribution is 6.34. The van der Waals surface area contributed by atoms with Gasteiger partial charge < -0.3 is 5.32 Å². The number of aromatic nitrogens is 2. The number of hydrogen-bond acceptors (Lipinski definition) is 4. The first-order valence-electron chi connectivity index (χ1n) is 6.23. The largest absolute Gasteiger partial charge is 0.322 e. The standard InChI is InChI=1S/C14H9ClN4O3/c15-12-4-3-10(19(21)22)6-11(12)14(20)17-9-2-1-8-7-16-18-13(8)5-9/h1-7H,(H,16,18)(H,17,20). The fraction of sp³-hybridized carbons (Fsp3) is 0. The predicted molar refractivity (Wildman–Crippen MR) is 82.2 cm³/mol. The van der Waals surface area contributed by atoms with Crippen molar-refractivity contribution in [3.8, 4) is 0 Å². The minimum Gasteiger partial charge on any atom is -0.322 e. The molecule has 0 saturated carbocycles. The van der Waals surface area contributed by atoms with E-state index in [2.05, 4.69) is 15.5 Å². The smallest absolute Gasteiger partial charge is 0.270 e. The number of hydrogen-bond donors (Lipinski definition) is 2. The molecule has 3 aromatic rings. The van der Waals surface area contributed by atoms with E-state index in [0.717, 1.165) is 17.0 Å². The number of rotatable bonds is 3. The van der Waals surface area contributed by atoms with Crippen LogP contribution in [0, 0.1) is 10.1 Å². The third-order valence-electron chi connectivity index (χ3n) is 3.11. The van der Waals surface area contributed by atoms with Gasteiger partial charge in [-0.25, -0.2) is 0 Å². The van der Waals surface area contributed by atoms with Crippen LogP contribution in [0.15, 0.2) is 42.6 Å². The molecule has 1 amide bonds. The summed E-state index contributed by atoms with van der Waals surface area (Å²) < 4.78 is 0. The molecule has 2 N–H and O–H groups in total. The Balaban J connectivity index is 1.90. The quantitative estimate of drug-likeness (QED) is 0.571. The summed E-state index contributed by atoms with van der Waals surface area (Å²) in [6.45, 7) is 0. The number of nitrogens with one attached hydrogen (secondary N) is 2. The maximum absolute atomic E-state index is 12.2. The maximum Gasteiger partial charge on any atom is 0.270 e. The molecule has 0 aliphatic rings. The van der Waals surface area contributed by atoms with Gasteiger partial charge in [-0.05, 0) is 24.3 Å². The zero-order valence-corrected chi connectivity index (χ0v) is 11.8. The highest BCUT2D eigenvalue weighted by Gasteiger charge is 2.16. The molecule has 0 aliphatic carbocycles. The summed E-state index contributed by atoms with van der Waals surface area (Å²) in [5.74, 6) is -0.521. The number of H-pyrrole nitrogens is 1.